The minimum atomic E-state index is -3.48. The summed E-state index contributed by atoms with van der Waals surface area (Å²) in [7, 11) is -3.48. The Morgan fingerprint density at radius 3 is 2.52 bits per heavy atom. The maximum absolute atomic E-state index is 12.6. The van der Waals surface area contributed by atoms with E-state index >= 15 is 0 Å². The van der Waals surface area contributed by atoms with Crippen molar-refractivity contribution in [2.45, 2.75) is 38.7 Å². The fourth-order valence-corrected chi connectivity index (χ4v) is 4.66. The Hall–Kier alpha value is -2.91. The van der Waals surface area contributed by atoms with Crippen LogP contribution in [0.5, 0.6) is 0 Å². The summed E-state index contributed by atoms with van der Waals surface area (Å²) in [6, 6.07) is 14.0. The quantitative estimate of drug-likeness (QED) is 0.552. The second-order valence-corrected chi connectivity index (χ2v) is 10.1. The third-order valence-electron chi connectivity index (χ3n) is 5.45. The molecule has 33 heavy (non-hydrogen) atoms. The van der Waals surface area contributed by atoms with Gasteiger partial charge in [0.25, 0.3) is 5.91 Å². The van der Waals surface area contributed by atoms with Crippen molar-refractivity contribution in [3.05, 3.63) is 59.7 Å². The van der Waals surface area contributed by atoms with Crippen molar-refractivity contribution in [3.8, 4) is 0 Å². The van der Waals surface area contributed by atoms with Crippen LogP contribution in [0.2, 0.25) is 0 Å². The Morgan fingerprint density at radius 2 is 1.85 bits per heavy atom. The molecule has 2 aromatic carbocycles. The van der Waals surface area contributed by atoms with Gasteiger partial charge in [0.05, 0.1) is 29.3 Å². The predicted octanol–water partition coefficient (Wildman–Crippen LogP) is 3.09. The number of carbonyl (C=O) groups is 2. The fraction of sp³-hybridized carbons (Fsp3) is 0.417. The van der Waals surface area contributed by atoms with Crippen LogP contribution in [0.1, 0.15) is 41.6 Å². The van der Waals surface area contributed by atoms with Crippen molar-refractivity contribution in [3.63, 3.8) is 0 Å². The summed E-state index contributed by atoms with van der Waals surface area (Å²) >= 11 is 0. The highest BCUT2D eigenvalue weighted by molar-refractivity contribution is 7.92. The Balaban J connectivity index is 1.56. The first-order valence-corrected chi connectivity index (χ1v) is 12.9. The molecule has 1 aliphatic rings. The Bertz CT molecular complexity index is 1060. The molecule has 2 N–H and O–H groups in total. The smallest absolute Gasteiger partial charge is 0.253 e. The van der Waals surface area contributed by atoms with Crippen molar-refractivity contribution in [1.82, 2.24) is 5.32 Å². The van der Waals surface area contributed by atoms with E-state index in [0.29, 0.717) is 36.5 Å². The Labute approximate surface area is 195 Å². The number of hydrogen-bond acceptors (Lipinski definition) is 5. The summed E-state index contributed by atoms with van der Waals surface area (Å²) in [5.41, 5.74) is 2.40. The zero-order valence-electron chi connectivity index (χ0n) is 19.0. The van der Waals surface area contributed by atoms with E-state index in [0.717, 1.165) is 24.7 Å². The van der Waals surface area contributed by atoms with Crippen LogP contribution < -0.4 is 14.9 Å². The number of rotatable bonds is 10. The van der Waals surface area contributed by atoms with E-state index < -0.39 is 10.0 Å². The van der Waals surface area contributed by atoms with Crippen LogP contribution in [0, 0.1) is 6.92 Å². The molecule has 3 rings (SSSR count). The van der Waals surface area contributed by atoms with Gasteiger partial charge in [0.1, 0.15) is 0 Å². The minimum absolute atomic E-state index is 0.0297. The maximum atomic E-state index is 12.6. The lowest BCUT2D eigenvalue weighted by Crippen LogP contribution is -2.32. The number of nitrogens with one attached hydrogen (secondary N) is 2. The molecule has 0 radical (unpaired) electrons. The molecular weight excluding hydrogens is 442 g/mol. The molecule has 0 saturated carbocycles. The molecular formula is C24H31N3O5S. The van der Waals surface area contributed by atoms with E-state index in [1.807, 2.05) is 19.1 Å². The van der Waals surface area contributed by atoms with Gasteiger partial charge >= 0.3 is 0 Å². The van der Waals surface area contributed by atoms with Crippen LogP contribution in [0.25, 0.3) is 0 Å². The minimum Gasteiger partial charge on any atom is -0.376 e. The van der Waals surface area contributed by atoms with E-state index in [1.54, 1.807) is 36.4 Å². The van der Waals surface area contributed by atoms with Gasteiger partial charge in [0, 0.05) is 26.1 Å². The van der Waals surface area contributed by atoms with E-state index in [1.165, 1.54) is 4.31 Å². The third kappa shape index (κ3) is 7.30. The lowest BCUT2D eigenvalue weighted by atomic mass is 10.1. The largest absolute Gasteiger partial charge is 0.376 e. The highest BCUT2D eigenvalue weighted by atomic mass is 32.2. The molecule has 9 heteroatoms. The molecule has 0 bridgehead atoms. The number of carbonyl (C=O) groups excluding carboxylic acids is 2. The number of hydrogen-bond donors (Lipinski definition) is 2. The van der Waals surface area contributed by atoms with Crippen molar-refractivity contribution in [1.29, 1.82) is 0 Å². The fourth-order valence-electron chi connectivity index (χ4n) is 3.69. The number of amides is 2. The molecule has 1 heterocycles. The topological polar surface area (TPSA) is 105 Å². The third-order valence-corrected chi connectivity index (χ3v) is 6.64. The van der Waals surface area contributed by atoms with Gasteiger partial charge in [-0.1, -0.05) is 29.8 Å². The summed E-state index contributed by atoms with van der Waals surface area (Å²) < 4.78 is 31.3. The molecule has 2 aromatic rings. The van der Waals surface area contributed by atoms with Crippen LogP contribution in [0.4, 0.5) is 11.4 Å². The normalized spacial score (nSPS) is 15.8. The second kappa shape index (κ2) is 11.3. The molecule has 0 unspecified atom stereocenters. The van der Waals surface area contributed by atoms with Gasteiger partial charge in [0.2, 0.25) is 15.9 Å². The lowest BCUT2D eigenvalue weighted by Gasteiger charge is -2.22. The van der Waals surface area contributed by atoms with Gasteiger partial charge in [-0.25, -0.2) is 8.42 Å². The number of anilines is 2. The summed E-state index contributed by atoms with van der Waals surface area (Å²) in [5, 5.41) is 5.64. The number of aryl methyl sites for hydroxylation is 1. The average molecular weight is 474 g/mol. The zero-order valence-corrected chi connectivity index (χ0v) is 19.9. The van der Waals surface area contributed by atoms with Gasteiger partial charge in [0.15, 0.2) is 0 Å². The highest BCUT2D eigenvalue weighted by Gasteiger charge is 2.20. The second-order valence-electron chi connectivity index (χ2n) is 8.21. The van der Waals surface area contributed by atoms with Gasteiger partial charge in [-0.2, -0.15) is 0 Å². The van der Waals surface area contributed by atoms with E-state index in [2.05, 4.69) is 10.6 Å². The summed E-state index contributed by atoms with van der Waals surface area (Å²) in [6.07, 6.45) is 3.55. The Morgan fingerprint density at radius 1 is 1.12 bits per heavy atom. The number of para-hydroxylation sites is 1. The van der Waals surface area contributed by atoms with E-state index in [-0.39, 0.29) is 30.9 Å². The molecule has 1 fully saturated rings. The van der Waals surface area contributed by atoms with Gasteiger partial charge in [-0.15, -0.1) is 0 Å². The summed E-state index contributed by atoms with van der Waals surface area (Å²) in [6.45, 7) is 3.26. The monoisotopic (exact) mass is 473 g/mol. The predicted molar refractivity (Wildman–Crippen MR) is 129 cm³/mol. The standard InChI is InChI=1S/C24H31N3O5S/c1-18-11-13-19(14-12-18)27(33(2,30)31)15-5-10-23(28)26-22-9-4-3-8-21(22)24(29)25-17-20-7-6-16-32-20/h3-4,8-9,11-14,20H,5-7,10,15-17H2,1-2H3,(H,25,29)(H,26,28)/t20-/m1/s1. The molecule has 0 aromatic heterocycles. The SMILES string of the molecule is Cc1ccc(N(CCCC(=O)Nc2ccccc2C(=O)NC[C@H]2CCCO2)S(C)(=O)=O)cc1. The number of ether oxygens (including phenoxy) is 1. The first-order chi connectivity index (χ1) is 15.7. The maximum Gasteiger partial charge on any atom is 0.253 e. The molecule has 1 atom stereocenters. The molecule has 0 spiro atoms. The van der Waals surface area contributed by atoms with Crippen LogP contribution in [0.3, 0.4) is 0 Å². The van der Waals surface area contributed by atoms with E-state index in [4.69, 9.17) is 4.74 Å². The van der Waals surface area contributed by atoms with Crippen LogP contribution >= 0.6 is 0 Å². The molecule has 178 valence electrons. The first-order valence-electron chi connectivity index (χ1n) is 11.1. The van der Waals surface area contributed by atoms with Gasteiger partial charge in [-0.3, -0.25) is 13.9 Å². The van der Waals surface area contributed by atoms with Crippen molar-refractivity contribution in [2.24, 2.45) is 0 Å². The zero-order chi connectivity index (χ0) is 23.8. The molecule has 0 aliphatic carbocycles. The first kappa shape index (κ1) is 24.7. The number of benzene rings is 2. The number of nitrogens with zero attached hydrogens (tertiary/aromatic N) is 1. The van der Waals surface area contributed by atoms with Gasteiger partial charge < -0.3 is 15.4 Å². The van der Waals surface area contributed by atoms with Gasteiger partial charge in [-0.05, 0) is 50.5 Å². The lowest BCUT2D eigenvalue weighted by molar-refractivity contribution is -0.116. The van der Waals surface area contributed by atoms with Crippen molar-refractivity contribution in [2.75, 3.05) is 35.6 Å². The molecule has 2 amide bonds. The van der Waals surface area contributed by atoms with Crippen LogP contribution in [0.15, 0.2) is 48.5 Å². The van der Waals surface area contributed by atoms with Crippen molar-refractivity contribution >= 4 is 33.2 Å². The molecule has 1 aliphatic heterocycles. The van der Waals surface area contributed by atoms with Crippen molar-refractivity contribution < 1.29 is 22.7 Å². The van der Waals surface area contributed by atoms with E-state index in [9.17, 15) is 18.0 Å². The Kier molecular flexibility index (Phi) is 8.46. The highest BCUT2D eigenvalue weighted by Crippen LogP contribution is 2.20. The number of sulfonamides is 1. The molecule has 8 nitrogen and oxygen atoms in total. The van der Waals surface area contributed by atoms with Crippen LogP contribution in [-0.2, 0) is 19.6 Å². The summed E-state index contributed by atoms with van der Waals surface area (Å²) in [5.74, 6) is -0.559. The average Bonchev–Trinajstić information content (AvgIpc) is 3.29. The summed E-state index contributed by atoms with van der Waals surface area (Å²) in [4.78, 5) is 25.1. The van der Waals surface area contributed by atoms with Crippen LogP contribution in [-0.4, -0.2) is 52.3 Å². The molecule has 1 saturated heterocycles.